The number of aromatic amines is 1. The van der Waals surface area contributed by atoms with Crippen molar-refractivity contribution in [3.05, 3.63) is 17.5 Å². The zero-order valence-corrected chi connectivity index (χ0v) is 11.3. The Kier molecular flexibility index (Phi) is 3.66. The predicted molar refractivity (Wildman–Crippen MR) is 72.6 cm³/mol. The van der Waals surface area contributed by atoms with Gasteiger partial charge in [-0.25, -0.2) is 0 Å². The predicted octanol–water partition coefficient (Wildman–Crippen LogP) is 1.33. The molecular weight excluding hydrogens is 224 g/mol. The number of hydrogen-bond acceptors (Lipinski definition) is 3. The van der Waals surface area contributed by atoms with E-state index >= 15 is 0 Å². The molecule has 4 rings (SSSR count). The van der Waals surface area contributed by atoms with E-state index in [2.05, 4.69) is 27.3 Å². The summed E-state index contributed by atoms with van der Waals surface area (Å²) in [5.41, 5.74) is 2.59. The van der Waals surface area contributed by atoms with Gasteiger partial charge in [-0.2, -0.15) is 5.10 Å². The van der Waals surface area contributed by atoms with E-state index in [0.29, 0.717) is 0 Å². The fourth-order valence-corrected chi connectivity index (χ4v) is 3.39. The maximum Gasteiger partial charge on any atom is 0.0522 e. The molecule has 0 saturated carbocycles. The molecule has 3 aliphatic heterocycles. The number of H-pyrrole nitrogens is 1. The van der Waals surface area contributed by atoms with Crippen molar-refractivity contribution in [2.75, 3.05) is 26.2 Å². The first-order valence-electron chi connectivity index (χ1n) is 7.27. The molecule has 0 amide bonds. The summed E-state index contributed by atoms with van der Waals surface area (Å²) in [5.74, 6) is 0.936. The lowest BCUT2D eigenvalue weighted by Crippen LogP contribution is -2.56. The van der Waals surface area contributed by atoms with Crippen LogP contribution in [0.2, 0.25) is 0 Å². The Morgan fingerprint density at radius 2 is 2.28 bits per heavy atom. The van der Waals surface area contributed by atoms with Gasteiger partial charge in [0.05, 0.1) is 6.20 Å². The molecule has 1 aromatic rings. The average molecular weight is 248 g/mol. The molecule has 4 nitrogen and oxygen atoms in total. The van der Waals surface area contributed by atoms with Crippen molar-refractivity contribution in [3.8, 4) is 0 Å². The third kappa shape index (κ3) is 2.59. The topological polar surface area (TPSA) is 44.0 Å². The van der Waals surface area contributed by atoms with Gasteiger partial charge in [0.2, 0.25) is 0 Å². The standard InChI is InChI=1S/C14H24N4/c1-11-13(9-16-17-11)3-2-6-15-14-10-18-7-4-12(14)5-8-18/h9,12,14-15H,2-8,10H2,1H3,(H,16,17). The number of fused-ring (bicyclic) bond motifs is 3. The molecule has 2 bridgehead atoms. The smallest absolute Gasteiger partial charge is 0.0522 e. The summed E-state index contributed by atoms with van der Waals surface area (Å²) in [6, 6.07) is 0.748. The van der Waals surface area contributed by atoms with Crippen molar-refractivity contribution >= 4 is 0 Å². The monoisotopic (exact) mass is 248 g/mol. The van der Waals surface area contributed by atoms with Crippen LogP contribution in [0.1, 0.15) is 30.5 Å². The highest BCUT2D eigenvalue weighted by molar-refractivity contribution is 5.14. The number of nitrogens with zero attached hydrogens (tertiary/aromatic N) is 2. The van der Waals surface area contributed by atoms with Crippen LogP contribution in [0, 0.1) is 12.8 Å². The largest absolute Gasteiger partial charge is 0.312 e. The minimum absolute atomic E-state index is 0.748. The van der Waals surface area contributed by atoms with Crippen molar-refractivity contribution in [2.45, 2.75) is 38.6 Å². The van der Waals surface area contributed by atoms with E-state index < -0.39 is 0 Å². The summed E-state index contributed by atoms with van der Waals surface area (Å²) in [4.78, 5) is 2.61. The first-order chi connectivity index (χ1) is 8.83. The average Bonchev–Trinajstić information content (AvgIpc) is 2.82. The molecule has 0 radical (unpaired) electrons. The fraction of sp³-hybridized carbons (Fsp3) is 0.786. The number of nitrogens with one attached hydrogen (secondary N) is 2. The molecule has 4 heteroatoms. The first-order valence-corrected chi connectivity index (χ1v) is 7.27. The molecule has 0 aliphatic carbocycles. The van der Waals surface area contributed by atoms with Crippen LogP contribution in [0.4, 0.5) is 0 Å². The lowest BCUT2D eigenvalue weighted by Gasteiger charge is -2.45. The third-order valence-electron chi connectivity index (χ3n) is 4.62. The summed E-state index contributed by atoms with van der Waals surface area (Å²) < 4.78 is 0. The van der Waals surface area contributed by atoms with E-state index in [1.54, 1.807) is 0 Å². The Balaban J connectivity index is 1.39. The van der Waals surface area contributed by atoms with Gasteiger partial charge in [0, 0.05) is 18.3 Å². The van der Waals surface area contributed by atoms with Gasteiger partial charge in [0.1, 0.15) is 0 Å². The summed E-state index contributed by atoms with van der Waals surface area (Å²) in [7, 11) is 0. The van der Waals surface area contributed by atoms with E-state index in [1.165, 1.54) is 50.2 Å². The van der Waals surface area contributed by atoms with E-state index in [9.17, 15) is 0 Å². The molecule has 4 heterocycles. The van der Waals surface area contributed by atoms with Crippen molar-refractivity contribution in [2.24, 2.45) is 5.92 Å². The number of aryl methyl sites for hydroxylation is 2. The molecule has 1 aromatic heterocycles. The summed E-state index contributed by atoms with van der Waals surface area (Å²) in [6.07, 6.45) is 7.11. The van der Waals surface area contributed by atoms with Crippen molar-refractivity contribution in [1.29, 1.82) is 0 Å². The van der Waals surface area contributed by atoms with E-state index in [0.717, 1.165) is 24.9 Å². The normalized spacial score (nSPS) is 30.8. The van der Waals surface area contributed by atoms with Crippen molar-refractivity contribution in [3.63, 3.8) is 0 Å². The van der Waals surface area contributed by atoms with Gasteiger partial charge in [-0.05, 0) is 63.7 Å². The van der Waals surface area contributed by atoms with Gasteiger partial charge in [0.25, 0.3) is 0 Å². The van der Waals surface area contributed by atoms with Gasteiger partial charge in [-0.1, -0.05) is 0 Å². The fourth-order valence-electron chi connectivity index (χ4n) is 3.39. The Hall–Kier alpha value is -0.870. The molecule has 3 fully saturated rings. The van der Waals surface area contributed by atoms with Crippen molar-refractivity contribution < 1.29 is 0 Å². The van der Waals surface area contributed by atoms with E-state index in [-0.39, 0.29) is 0 Å². The number of rotatable bonds is 5. The Morgan fingerprint density at radius 1 is 1.44 bits per heavy atom. The molecule has 3 aliphatic rings. The van der Waals surface area contributed by atoms with Gasteiger partial charge >= 0.3 is 0 Å². The molecule has 1 atom stereocenters. The minimum Gasteiger partial charge on any atom is -0.312 e. The van der Waals surface area contributed by atoms with Crippen LogP contribution in [0.25, 0.3) is 0 Å². The second-order valence-corrected chi connectivity index (χ2v) is 5.82. The lowest BCUT2D eigenvalue weighted by molar-refractivity contribution is 0.0728. The van der Waals surface area contributed by atoms with E-state index in [4.69, 9.17) is 0 Å². The molecule has 3 saturated heterocycles. The number of aromatic nitrogens is 2. The van der Waals surface area contributed by atoms with Crippen LogP contribution in [0.15, 0.2) is 6.20 Å². The van der Waals surface area contributed by atoms with Gasteiger partial charge in [-0.15, -0.1) is 0 Å². The van der Waals surface area contributed by atoms with Gasteiger partial charge < -0.3 is 10.2 Å². The van der Waals surface area contributed by atoms with Gasteiger partial charge in [0.15, 0.2) is 0 Å². The minimum atomic E-state index is 0.748. The molecule has 1 unspecified atom stereocenters. The van der Waals surface area contributed by atoms with Crippen LogP contribution < -0.4 is 5.32 Å². The quantitative estimate of drug-likeness (QED) is 0.773. The Morgan fingerprint density at radius 3 is 2.89 bits per heavy atom. The van der Waals surface area contributed by atoms with Crippen LogP contribution in [-0.4, -0.2) is 47.3 Å². The van der Waals surface area contributed by atoms with Crippen LogP contribution >= 0.6 is 0 Å². The highest BCUT2D eigenvalue weighted by Crippen LogP contribution is 2.27. The SMILES string of the molecule is Cc1[nH]ncc1CCCNC1CN2CCC1CC2. The first kappa shape index (κ1) is 12.2. The molecule has 18 heavy (non-hydrogen) atoms. The second-order valence-electron chi connectivity index (χ2n) is 5.82. The number of piperidine rings is 3. The lowest BCUT2D eigenvalue weighted by atomic mass is 9.84. The Bertz CT molecular complexity index is 379. The molecule has 0 aromatic carbocycles. The van der Waals surface area contributed by atoms with E-state index in [1.807, 2.05) is 6.20 Å². The molecule has 0 spiro atoms. The van der Waals surface area contributed by atoms with Gasteiger partial charge in [-0.3, -0.25) is 5.10 Å². The van der Waals surface area contributed by atoms with Crippen LogP contribution in [0.3, 0.4) is 0 Å². The second kappa shape index (κ2) is 5.41. The molecule has 100 valence electrons. The molecule has 2 N–H and O–H groups in total. The molecular formula is C14H24N4. The van der Waals surface area contributed by atoms with Crippen LogP contribution in [-0.2, 0) is 6.42 Å². The zero-order chi connectivity index (χ0) is 12.4. The zero-order valence-electron chi connectivity index (χ0n) is 11.3. The summed E-state index contributed by atoms with van der Waals surface area (Å²) in [5, 5.41) is 10.8. The summed E-state index contributed by atoms with van der Waals surface area (Å²) >= 11 is 0. The summed E-state index contributed by atoms with van der Waals surface area (Å²) in [6.45, 7) is 7.17. The maximum absolute atomic E-state index is 4.07. The highest BCUT2D eigenvalue weighted by atomic mass is 15.2. The third-order valence-corrected chi connectivity index (χ3v) is 4.62. The number of hydrogen-bond donors (Lipinski definition) is 2. The maximum atomic E-state index is 4.07. The highest BCUT2D eigenvalue weighted by Gasteiger charge is 2.33. The van der Waals surface area contributed by atoms with Crippen molar-refractivity contribution in [1.82, 2.24) is 20.4 Å². The Labute approximate surface area is 109 Å². The van der Waals surface area contributed by atoms with Crippen LogP contribution in [0.5, 0.6) is 0 Å².